The molecule has 68 valence electrons. The van der Waals surface area contributed by atoms with E-state index in [9.17, 15) is 0 Å². The normalized spacial score (nSPS) is 11.3. The van der Waals surface area contributed by atoms with E-state index in [2.05, 4.69) is 43.3 Å². The summed E-state index contributed by atoms with van der Waals surface area (Å²) in [7, 11) is 0. The first-order valence-corrected chi connectivity index (χ1v) is 4.53. The van der Waals surface area contributed by atoms with Crippen LogP contribution >= 0.6 is 0 Å². The van der Waals surface area contributed by atoms with E-state index in [0.29, 0.717) is 0 Å². The molecule has 0 heterocycles. The summed E-state index contributed by atoms with van der Waals surface area (Å²) < 4.78 is 17.6. The minimum absolute atomic E-state index is 1.33. The molecule has 0 aliphatic carbocycles. The van der Waals surface area contributed by atoms with Crippen molar-refractivity contribution < 1.29 is 8.76 Å². The van der Waals surface area contributed by atoms with Crippen molar-refractivity contribution in [2.24, 2.45) is 5.14 Å². The van der Waals surface area contributed by atoms with E-state index < -0.39 is 11.3 Å². The van der Waals surface area contributed by atoms with Crippen LogP contribution in [0.15, 0.2) is 24.3 Å². The molecule has 0 aliphatic rings. The third-order valence-electron chi connectivity index (χ3n) is 1.22. The average molecular weight is 186 g/mol. The highest BCUT2D eigenvalue weighted by atomic mass is 32.2. The molecular formula is C8H12NO2S-. The number of benzene rings is 1. The van der Waals surface area contributed by atoms with Crippen molar-refractivity contribution in [3.8, 4) is 0 Å². The highest BCUT2D eigenvalue weighted by Crippen LogP contribution is 1.99. The maximum Gasteiger partial charge on any atom is 0.0152 e. The smallest absolute Gasteiger partial charge is 0.0152 e. The summed E-state index contributed by atoms with van der Waals surface area (Å²) in [6, 6.07) is 8.48. The summed E-state index contributed by atoms with van der Waals surface area (Å²) in [5.41, 5.74) is 2.66. The van der Waals surface area contributed by atoms with Gasteiger partial charge in [0.05, 0.1) is 0 Å². The Kier molecular flexibility index (Phi) is 5.53. The van der Waals surface area contributed by atoms with Gasteiger partial charge in [0.15, 0.2) is 0 Å². The van der Waals surface area contributed by atoms with Crippen LogP contribution in [-0.4, -0.2) is 8.76 Å². The molecule has 0 saturated heterocycles. The molecule has 4 heteroatoms. The highest BCUT2D eigenvalue weighted by Gasteiger charge is 1.79. The molecule has 1 rings (SSSR count). The number of hydrogen-bond donors (Lipinski definition) is 1. The van der Waals surface area contributed by atoms with Crippen LogP contribution in [0.1, 0.15) is 11.1 Å². The van der Waals surface area contributed by atoms with Crippen molar-refractivity contribution in [1.29, 1.82) is 0 Å². The fourth-order valence-corrected chi connectivity index (χ4v) is 0.637. The minimum Gasteiger partial charge on any atom is -0.760 e. The number of rotatable bonds is 0. The van der Waals surface area contributed by atoms with E-state index in [4.69, 9.17) is 8.76 Å². The van der Waals surface area contributed by atoms with Gasteiger partial charge in [-0.25, -0.2) is 0 Å². The van der Waals surface area contributed by atoms with Crippen LogP contribution in [0.2, 0.25) is 0 Å². The van der Waals surface area contributed by atoms with Crippen molar-refractivity contribution in [3.05, 3.63) is 35.4 Å². The Balaban J connectivity index is 0.000000261. The standard InChI is InChI=1S/C8H10.H3NO2S/c1-7-3-5-8(2)6-4-7;1-4(2)3/h3-6H,1-2H3;1H2,(H,2,3)/p-1. The van der Waals surface area contributed by atoms with E-state index >= 15 is 0 Å². The van der Waals surface area contributed by atoms with Crippen molar-refractivity contribution in [2.75, 3.05) is 0 Å². The second kappa shape index (κ2) is 5.88. The van der Waals surface area contributed by atoms with Gasteiger partial charge in [0.25, 0.3) is 0 Å². The Hall–Kier alpha value is -0.710. The zero-order chi connectivity index (χ0) is 9.56. The third kappa shape index (κ3) is 7.40. The van der Waals surface area contributed by atoms with Crippen molar-refractivity contribution >= 4 is 11.3 Å². The zero-order valence-electron chi connectivity index (χ0n) is 7.11. The van der Waals surface area contributed by atoms with Gasteiger partial charge in [0, 0.05) is 11.3 Å². The molecule has 0 spiro atoms. The van der Waals surface area contributed by atoms with Gasteiger partial charge in [-0.3, -0.25) is 9.35 Å². The van der Waals surface area contributed by atoms with Gasteiger partial charge in [0.1, 0.15) is 0 Å². The first-order chi connectivity index (χ1) is 5.52. The first-order valence-electron chi connectivity index (χ1n) is 3.39. The average Bonchev–Trinajstić information content (AvgIpc) is 1.94. The molecule has 2 N–H and O–H groups in total. The van der Waals surface area contributed by atoms with E-state index in [0.717, 1.165) is 0 Å². The van der Waals surface area contributed by atoms with Crippen LogP contribution in [0.25, 0.3) is 0 Å². The molecule has 0 saturated carbocycles. The number of nitrogens with two attached hydrogens (primary N) is 1. The number of hydrogen-bond acceptors (Lipinski definition) is 2. The predicted octanol–water partition coefficient (Wildman–Crippen LogP) is 1.04. The lowest BCUT2D eigenvalue weighted by Gasteiger charge is -1.90. The molecular weight excluding hydrogens is 174 g/mol. The van der Waals surface area contributed by atoms with Gasteiger partial charge in [-0.15, -0.1) is 0 Å². The summed E-state index contributed by atoms with van der Waals surface area (Å²) in [6.45, 7) is 4.19. The summed E-state index contributed by atoms with van der Waals surface area (Å²) in [5, 5.41) is 4.03. The van der Waals surface area contributed by atoms with Gasteiger partial charge in [-0.1, -0.05) is 35.4 Å². The zero-order valence-corrected chi connectivity index (χ0v) is 7.93. The third-order valence-corrected chi connectivity index (χ3v) is 1.22. The molecule has 1 unspecified atom stereocenters. The molecule has 0 bridgehead atoms. The number of aryl methyl sites for hydroxylation is 2. The molecule has 0 radical (unpaired) electrons. The summed E-state index contributed by atoms with van der Waals surface area (Å²) in [5.74, 6) is 0. The second-order valence-electron chi connectivity index (χ2n) is 2.42. The van der Waals surface area contributed by atoms with Gasteiger partial charge >= 0.3 is 0 Å². The van der Waals surface area contributed by atoms with Crippen molar-refractivity contribution in [3.63, 3.8) is 0 Å². The van der Waals surface area contributed by atoms with E-state index in [1.807, 2.05) is 0 Å². The SMILES string of the molecule is Cc1ccc(C)cc1.NS(=O)[O-]. The van der Waals surface area contributed by atoms with Crippen LogP contribution in [0, 0.1) is 13.8 Å². The van der Waals surface area contributed by atoms with Crippen LogP contribution in [0.3, 0.4) is 0 Å². The van der Waals surface area contributed by atoms with Gasteiger partial charge in [-0.05, 0) is 13.8 Å². The maximum absolute atomic E-state index is 8.78. The first kappa shape index (κ1) is 11.3. The van der Waals surface area contributed by atoms with Gasteiger partial charge in [0.2, 0.25) is 0 Å². The summed E-state index contributed by atoms with van der Waals surface area (Å²) in [6.07, 6.45) is 0. The fraction of sp³-hybridized carbons (Fsp3) is 0.250. The van der Waals surface area contributed by atoms with E-state index in [1.165, 1.54) is 11.1 Å². The molecule has 1 aromatic carbocycles. The van der Waals surface area contributed by atoms with Crippen LogP contribution in [0.5, 0.6) is 0 Å². The molecule has 3 nitrogen and oxygen atoms in total. The lowest BCUT2D eigenvalue weighted by atomic mass is 10.2. The monoisotopic (exact) mass is 186 g/mol. The molecule has 0 amide bonds. The van der Waals surface area contributed by atoms with Crippen molar-refractivity contribution in [2.45, 2.75) is 13.8 Å². The summed E-state index contributed by atoms with van der Waals surface area (Å²) >= 11 is -2.36. The quantitative estimate of drug-likeness (QED) is 0.615. The van der Waals surface area contributed by atoms with Gasteiger partial charge < -0.3 is 4.55 Å². The van der Waals surface area contributed by atoms with Crippen LogP contribution < -0.4 is 5.14 Å². The maximum atomic E-state index is 8.78. The largest absolute Gasteiger partial charge is 0.760 e. The fourth-order valence-electron chi connectivity index (χ4n) is 0.637. The molecule has 1 atom stereocenters. The molecule has 0 fully saturated rings. The Morgan fingerprint density at radius 2 is 1.33 bits per heavy atom. The second-order valence-corrected chi connectivity index (χ2v) is 2.94. The van der Waals surface area contributed by atoms with Crippen LogP contribution in [0.4, 0.5) is 0 Å². The Morgan fingerprint density at radius 1 is 1.17 bits per heavy atom. The molecule has 1 aromatic rings. The van der Waals surface area contributed by atoms with Crippen molar-refractivity contribution in [1.82, 2.24) is 0 Å². The van der Waals surface area contributed by atoms with E-state index in [-0.39, 0.29) is 0 Å². The van der Waals surface area contributed by atoms with Crippen LogP contribution in [-0.2, 0) is 11.3 Å². The predicted molar refractivity (Wildman–Crippen MR) is 49.0 cm³/mol. The lowest BCUT2D eigenvalue weighted by Crippen LogP contribution is -1.97. The Bertz CT molecular complexity index is 221. The minimum atomic E-state index is -2.36. The Morgan fingerprint density at radius 3 is 1.50 bits per heavy atom. The van der Waals surface area contributed by atoms with Gasteiger partial charge in [-0.2, -0.15) is 0 Å². The summed E-state index contributed by atoms with van der Waals surface area (Å²) in [4.78, 5) is 0. The highest BCUT2D eigenvalue weighted by molar-refractivity contribution is 7.76. The molecule has 0 aromatic heterocycles. The van der Waals surface area contributed by atoms with E-state index in [1.54, 1.807) is 0 Å². The molecule has 0 aliphatic heterocycles. The Labute approximate surface area is 75.0 Å². The topological polar surface area (TPSA) is 66.2 Å². The lowest BCUT2D eigenvalue weighted by molar-refractivity contribution is 0.539. The molecule has 12 heavy (non-hydrogen) atoms.